The second-order valence-corrected chi connectivity index (χ2v) is 5.85. The lowest BCUT2D eigenvalue weighted by atomic mass is 9.94. The van der Waals surface area contributed by atoms with Gasteiger partial charge >= 0.3 is 0 Å². The molecule has 1 unspecified atom stereocenters. The average Bonchev–Trinajstić information content (AvgIpc) is 2.83. The van der Waals surface area contributed by atoms with Crippen molar-refractivity contribution in [2.45, 2.75) is 32.2 Å². The van der Waals surface area contributed by atoms with Gasteiger partial charge in [0.1, 0.15) is 5.82 Å². The Hall–Kier alpha value is -1.95. The van der Waals surface area contributed by atoms with Crippen molar-refractivity contribution in [1.82, 2.24) is 24.6 Å². The smallest absolute Gasteiger partial charge is 0.251 e. The van der Waals surface area contributed by atoms with E-state index in [1.807, 2.05) is 24.9 Å². The summed E-state index contributed by atoms with van der Waals surface area (Å²) in [5.74, 6) is 1.04. The summed E-state index contributed by atoms with van der Waals surface area (Å²) in [6, 6.07) is 1.64. The van der Waals surface area contributed by atoms with E-state index in [4.69, 9.17) is 0 Å². The van der Waals surface area contributed by atoms with E-state index in [0.29, 0.717) is 11.7 Å². The number of likely N-dealkylation sites (tertiary alicyclic amines) is 1. The molecule has 0 spiro atoms. The Morgan fingerprint density at radius 2 is 2.33 bits per heavy atom. The Bertz CT molecular complexity index is 675. The van der Waals surface area contributed by atoms with Crippen LogP contribution in [-0.2, 0) is 13.6 Å². The number of hydrogen-bond acceptors (Lipinski definition) is 4. The molecule has 1 N–H and O–H groups in total. The monoisotopic (exact) mass is 287 g/mol. The molecule has 2 aromatic heterocycles. The van der Waals surface area contributed by atoms with Gasteiger partial charge in [-0.15, -0.1) is 0 Å². The van der Waals surface area contributed by atoms with Crippen LogP contribution < -0.4 is 5.56 Å². The fourth-order valence-corrected chi connectivity index (χ4v) is 3.06. The third-order valence-corrected chi connectivity index (χ3v) is 3.97. The lowest BCUT2D eigenvalue weighted by Crippen LogP contribution is -2.34. The molecule has 1 atom stereocenters. The number of hydrogen-bond donors (Lipinski definition) is 1. The van der Waals surface area contributed by atoms with Gasteiger partial charge in [0.2, 0.25) is 0 Å². The Labute approximate surface area is 123 Å². The van der Waals surface area contributed by atoms with E-state index in [-0.39, 0.29) is 5.56 Å². The molecule has 1 aliphatic rings. The summed E-state index contributed by atoms with van der Waals surface area (Å²) in [5.41, 5.74) is 2.10. The Balaban J connectivity index is 1.71. The molecule has 2 aromatic rings. The van der Waals surface area contributed by atoms with Crippen LogP contribution >= 0.6 is 0 Å². The molecule has 6 nitrogen and oxygen atoms in total. The molecule has 3 heterocycles. The number of nitrogens with one attached hydrogen (secondary N) is 1. The topological polar surface area (TPSA) is 66.8 Å². The number of aryl methyl sites for hydroxylation is 2. The van der Waals surface area contributed by atoms with Crippen molar-refractivity contribution in [2.75, 3.05) is 13.1 Å². The van der Waals surface area contributed by atoms with Crippen LogP contribution in [0.2, 0.25) is 0 Å². The third-order valence-electron chi connectivity index (χ3n) is 3.97. The first-order valence-electron chi connectivity index (χ1n) is 7.38. The molecule has 6 heteroatoms. The van der Waals surface area contributed by atoms with Crippen LogP contribution in [0, 0.1) is 6.92 Å². The number of aromatic nitrogens is 4. The highest BCUT2D eigenvalue weighted by Gasteiger charge is 2.23. The molecule has 0 amide bonds. The van der Waals surface area contributed by atoms with Crippen molar-refractivity contribution in [3.05, 3.63) is 45.9 Å². The Morgan fingerprint density at radius 3 is 3.05 bits per heavy atom. The summed E-state index contributed by atoms with van der Waals surface area (Å²) >= 11 is 0. The molecule has 0 aliphatic carbocycles. The molecule has 0 aromatic carbocycles. The minimum absolute atomic E-state index is 0.0538. The lowest BCUT2D eigenvalue weighted by molar-refractivity contribution is 0.198. The predicted molar refractivity (Wildman–Crippen MR) is 80.1 cm³/mol. The fourth-order valence-electron chi connectivity index (χ4n) is 3.06. The van der Waals surface area contributed by atoms with E-state index >= 15 is 0 Å². The van der Waals surface area contributed by atoms with Gasteiger partial charge in [0.05, 0.1) is 11.9 Å². The molecule has 1 aliphatic heterocycles. The molecule has 112 valence electrons. The van der Waals surface area contributed by atoms with Crippen LogP contribution in [0.3, 0.4) is 0 Å². The third kappa shape index (κ3) is 3.39. The minimum Gasteiger partial charge on any atom is -0.311 e. The summed E-state index contributed by atoms with van der Waals surface area (Å²) in [5, 5.41) is 4.21. The van der Waals surface area contributed by atoms with E-state index in [2.05, 4.69) is 26.2 Å². The van der Waals surface area contributed by atoms with Gasteiger partial charge in [-0.3, -0.25) is 14.4 Å². The van der Waals surface area contributed by atoms with Crippen LogP contribution in [-0.4, -0.2) is 37.7 Å². The van der Waals surface area contributed by atoms with Gasteiger partial charge in [-0.05, 0) is 26.3 Å². The van der Waals surface area contributed by atoms with Crippen LogP contribution in [0.15, 0.2) is 23.3 Å². The molecule has 0 bridgehead atoms. The summed E-state index contributed by atoms with van der Waals surface area (Å²) in [4.78, 5) is 21.2. The zero-order valence-corrected chi connectivity index (χ0v) is 12.5. The minimum atomic E-state index is -0.0538. The molecule has 3 rings (SSSR count). The van der Waals surface area contributed by atoms with Crippen molar-refractivity contribution in [2.24, 2.45) is 7.05 Å². The molecule has 0 saturated carbocycles. The van der Waals surface area contributed by atoms with Crippen LogP contribution in [0.5, 0.6) is 0 Å². The molecular formula is C15H21N5O. The number of piperidine rings is 1. The summed E-state index contributed by atoms with van der Waals surface area (Å²) < 4.78 is 1.83. The van der Waals surface area contributed by atoms with Gasteiger partial charge in [-0.2, -0.15) is 5.10 Å². The van der Waals surface area contributed by atoms with E-state index in [1.54, 1.807) is 6.07 Å². The lowest BCUT2D eigenvalue weighted by Gasteiger charge is -2.32. The standard InChI is InChI=1S/C15H21N5O/c1-11-17-14(6-15(21)18-11)13-4-3-5-20(10-13)9-12-7-16-19(2)8-12/h6-8,13H,3-5,9-10H2,1-2H3,(H,17,18,21). The van der Waals surface area contributed by atoms with Crippen LogP contribution in [0.25, 0.3) is 0 Å². The van der Waals surface area contributed by atoms with Gasteiger partial charge in [-0.25, -0.2) is 4.98 Å². The fraction of sp³-hybridized carbons (Fsp3) is 0.533. The summed E-state index contributed by atoms with van der Waals surface area (Å²) in [6.07, 6.45) is 6.20. The number of aromatic amines is 1. The highest BCUT2D eigenvalue weighted by atomic mass is 16.1. The normalized spacial score (nSPS) is 19.8. The van der Waals surface area contributed by atoms with E-state index in [1.165, 1.54) is 5.56 Å². The first-order chi connectivity index (χ1) is 10.1. The average molecular weight is 287 g/mol. The second kappa shape index (κ2) is 5.81. The number of rotatable bonds is 3. The zero-order valence-electron chi connectivity index (χ0n) is 12.5. The summed E-state index contributed by atoms with van der Waals surface area (Å²) in [7, 11) is 1.94. The molecular weight excluding hydrogens is 266 g/mol. The SMILES string of the molecule is Cc1nc(C2CCCN(Cc3cnn(C)c3)C2)cc(=O)[nH]1. The van der Waals surface area contributed by atoms with Crippen molar-refractivity contribution in [3.8, 4) is 0 Å². The van der Waals surface area contributed by atoms with Gasteiger partial charge in [0.15, 0.2) is 0 Å². The van der Waals surface area contributed by atoms with Gasteiger partial charge in [0, 0.05) is 43.9 Å². The van der Waals surface area contributed by atoms with Crippen LogP contribution in [0.1, 0.15) is 35.8 Å². The molecule has 1 fully saturated rings. The predicted octanol–water partition coefficient (Wildman–Crippen LogP) is 1.19. The van der Waals surface area contributed by atoms with E-state index < -0.39 is 0 Å². The van der Waals surface area contributed by atoms with Crippen molar-refractivity contribution in [3.63, 3.8) is 0 Å². The first kappa shape index (κ1) is 14.0. The maximum absolute atomic E-state index is 11.6. The Kier molecular flexibility index (Phi) is 3.88. The van der Waals surface area contributed by atoms with Crippen molar-refractivity contribution in [1.29, 1.82) is 0 Å². The van der Waals surface area contributed by atoms with Gasteiger partial charge < -0.3 is 4.98 Å². The van der Waals surface area contributed by atoms with Crippen molar-refractivity contribution >= 4 is 0 Å². The van der Waals surface area contributed by atoms with Crippen LogP contribution in [0.4, 0.5) is 0 Å². The maximum Gasteiger partial charge on any atom is 0.251 e. The highest BCUT2D eigenvalue weighted by Crippen LogP contribution is 2.25. The molecule has 1 saturated heterocycles. The van der Waals surface area contributed by atoms with Gasteiger partial charge in [-0.1, -0.05) is 0 Å². The number of nitrogens with zero attached hydrogens (tertiary/aromatic N) is 4. The van der Waals surface area contributed by atoms with E-state index in [9.17, 15) is 4.79 Å². The quantitative estimate of drug-likeness (QED) is 0.921. The summed E-state index contributed by atoms with van der Waals surface area (Å²) in [6.45, 7) is 4.78. The highest BCUT2D eigenvalue weighted by molar-refractivity contribution is 5.11. The molecule has 0 radical (unpaired) electrons. The second-order valence-electron chi connectivity index (χ2n) is 5.85. The maximum atomic E-state index is 11.6. The molecule has 21 heavy (non-hydrogen) atoms. The number of H-pyrrole nitrogens is 1. The van der Waals surface area contributed by atoms with Gasteiger partial charge in [0.25, 0.3) is 5.56 Å². The van der Waals surface area contributed by atoms with E-state index in [0.717, 1.165) is 38.2 Å². The largest absolute Gasteiger partial charge is 0.311 e. The Morgan fingerprint density at radius 1 is 1.48 bits per heavy atom. The zero-order chi connectivity index (χ0) is 14.8. The van der Waals surface area contributed by atoms with Crippen molar-refractivity contribution < 1.29 is 0 Å². The first-order valence-corrected chi connectivity index (χ1v) is 7.38.